The number of anilines is 1. The molecule has 0 saturated carbocycles. The second-order valence-corrected chi connectivity index (χ2v) is 9.63. The molecule has 1 N–H and O–H groups in total. The fourth-order valence-electron chi connectivity index (χ4n) is 4.61. The number of hydrogen-bond donors (Lipinski definition) is 1. The first-order valence-corrected chi connectivity index (χ1v) is 12.0. The van der Waals surface area contributed by atoms with Crippen molar-refractivity contribution in [2.45, 2.75) is 58.9 Å². The molecule has 0 spiro atoms. The number of nitrogens with one attached hydrogen (secondary N) is 1. The zero-order valence-corrected chi connectivity index (χ0v) is 20.0. The number of rotatable bonds is 6. The predicted octanol–water partition coefficient (Wildman–Crippen LogP) is 4.62. The van der Waals surface area contributed by atoms with Crippen molar-refractivity contribution in [3.8, 4) is 0 Å². The molecule has 3 rings (SSSR count). The molecule has 0 aromatic heterocycles. The summed E-state index contributed by atoms with van der Waals surface area (Å²) in [6, 6.07) is 5.64. The molecular formula is C24H37ClN4O2. The van der Waals surface area contributed by atoms with Crippen molar-refractivity contribution >= 4 is 29.2 Å². The van der Waals surface area contributed by atoms with Gasteiger partial charge in [-0.3, -0.25) is 4.79 Å². The van der Waals surface area contributed by atoms with Crippen LogP contribution in [0.25, 0.3) is 0 Å². The van der Waals surface area contributed by atoms with Crippen LogP contribution in [0, 0.1) is 12.8 Å². The molecule has 0 unspecified atom stereocenters. The quantitative estimate of drug-likeness (QED) is 0.691. The smallest absolute Gasteiger partial charge is 0.322 e. The third-order valence-electron chi connectivity index (χ3n) is 6.80. The molecule has 6 nitrogen and oxygen atoms in total. The van der Waals surface area contributed by atoms with Crippen LogP contribution < -0.4 is 5.32 Å². The van der Waals surface area contributed by atoms with Crippen molar-refractivity contribution < 1.29 is 9.59 Å². The second kappa shape index (κ2) is 11.2. The molecule has 0 aliphatic carbocycles. The lowest BCUT2D eigenvalue weighted by Gasteiger charge is -2.39. The van der Waals surface area contributed by atoms with Crippen LogP contribution in [0.4, 0.5) is 10.5 Å². The summed E-state index contributed by atoms with van der Waals surface area (Å²) in [5.41, 5.74) is 1.75. The van der Waals surface area contributed by atoms with Gasteiger partial charge >= 0.3 is 6.03 Å². The van der Waals surface area contributed by atoms with E-state index in [1.807, 2.05) is 28.9 Å². The summed E-state index contributed by atoms with van der Waals surface area (Å²) >= 11 is 6.15. The van der Waals surface area contributed by atoms with Gasteiger partial charge in [0.05, 0.1) is 0 Å². The zero-order chi connectivity index (χ0) is 22.4. The number of nitrogens with zero attached hydrogens (tertiary/aromatic N) is 3. The minimum Gasteiger partial charge on any atom is -0.343 e. The van der Waals surface area contributed by atoms with Crippen LogP contribution in [-0.2, 0) is 4.79 Å². The zero-order valence-electron chi connectivity index (χ0n) is 19.2. The van der Waals surface area contributed by atoms with Crippen LogP contribution in [-0.4, -0.2) is 71.9 Å². The van der Waals surface area contributed by atoms with E-state index in [1.165, 1.54) is 12.8 Å². The summed E-state index contributed by atoms with van der Waals surface area (Å²) in [5.74, 6) is 0.939. The summed E-state index contributed by atoms with van der Waals surface area (Å²) in [4.78, 5) is 31.4. The van der Waals surface area contributed by atoms with Gasteiger partial charge in [0, 0.05) is 43.3 Å². The Morgan fingerprint density at radius 1 is 1.13 bits per heavy atom. The van der Waals surface area contributed by atoms with Crippen molar-refractivity contribution in [2.75, 3.05) is 44.6 Å². The Balaban J connectivity index is 1.62. The van der Waals surface area contributed by atoms with Crippen molar-refractivity contribution in [1.82, 2.24) is 14.7 Å². The fourth-order valence-corrected chi connectivity index (χ4v) is 4.78. The standard InChI is InChI=1S/C24H37ClN4O2/c1-18-7-13-27(14-8-18)11-4-12-29(22-9-15-28(16-10-22)20(3)30)24(31)26-23-17-21(25)6-5-19(23)2/h5-6,17-18,22H,4,7-16H2,1-3H3,(H,26,31). The largest absolute Gasteiger partial charge is 0.343 e. The average Bonchev–Trinajstić information content (AvgIpc) is 2.75. The molecule has 2 aliphatic rings. The van der Waals surface area contributed by atoms with E-state index in [9.17, 15) is 9.59 Å². The van der Waals surface area contributed by atoms with Gasteiger partial charge in [-0.2, -0.15) is 0 Å². The first kappa shape index (κ1) is 23.9. The first-order valence-electron chi connectivity index (χ1n) is 11.6. The molecule has 0 radical (unpaired) electrons. The van der Waals surface area contributed by atoms with Gasteiger partial charge in [-0.1, -0.05) is 24.6 Å². The number of hydrogen-bond acceptors (Lipinski definition) is 3. The minimum absolute atomic E-state index is 0.0705. The molecule has 0 bridgehead atoms. The van der Waals surface area contributed by atoms with Crippen LogP contribution >= 0.6 is 11.6 Å². The molecule has 2 saturated heterocycles. The lowest BCUT2D eigenvalue weighted by Crippen LogP contribution is -2.50. The molecule has 2 heterocycles. The number of carbonyl (C=O) groups is 2. The van der Waals surface area contributed by atoms with Gasteiger partial charge < -0.3 is 20.0 Å². The topological polar surface area (TPSA) is 55.9 Å². The minimum atomic E-state index is -0.0705. The van der Waals surface area contributed by atoms with E-state index >= 15 is 0 Å². The van der Waals surface area contributed by atoms with Crippen LogP contribution in [0.15, 0.2) is 18.2 Å². The highest BCUT2D eigenvalue weighted by Gasteiger charge is 2.29. The van der Waals surface area contributed by atoms with E-state index in [1.54, 1.807) is 13.0 Å². The van der Waals surface area contributed by atoms with Crippen LogP contribution in [0.3, 0.4) is 0 Å². The van der Waals surface area contributed by atoms with Crippen molar-refractivity contribution in [3.63, 3.8) is 0 Å². The Morgan fingerprint density at radius 3 is 2.45 bits per heavy atom. The molecule has 2 fully saturated rings. The van der Waals surface area contributed by atoms with Gasteiger partial charge in [0.2, 0.25) is 5.91 Å². The van der Waals surface area contributed by atoms with Gasteiger partial charge in [0.25, 0.3) is 0 Å². The Labute approximate surface area is 191 Å². The maximum atomic E-state index is 13.3. The monoisotopic (exact) mass is 448 g/mol. The Morgan fingerprint density at radius 2 is 1.81 bits per heavy atom. The van der Waals surface area contributed by atoms with E-state index < -0.39 is 0 Å². The van der Waals surface area contributed by atoms with Crippen molar-refractivity contribution in [3.05, 3.63) is 28.8 Å². The molecule has 3 amide bonds. The van der Waals surface area contributed by atoms with E-state index in [0.29, 0.717) is 18.1 Å². The molecule has 1 aromatic carbocycles. The van der Waals surface area contributed by atoms with Crippen molar-refractivity contribution in [1.29, 1.82) is 0 Å². The fraction of sp³-hybridized carbons (Fsp3) is 0.667. The van der Waals surface area contributed by atoms with Gasteiger partial charge in [0.15, 0.2) is 0 Å². The number of aryl methyl sites for hydroxylation is 1. The van der Waals surface area contributed by atoms with Gasteiger partial charge in [-0.15, -0.1) is 0 Å². The van der Waals surface area contributed by atoms with Crippen LogP contribution in [0.1, 0.15) is 51.5 Å². The number of urea groups is 1. The molecule has 7 heteroatoms. The second-order valence-electron chi connectivity index (χ2n) is 9.20. The number of benzene rings is 1. The average molecular weight is 449 g/mol. The molecule has 1 aromatic rings. The highest BCUT2D eigenvalue weighted by Crippen LogP contribution is 2.23. The lowest BCUT2D eigenvalue weighted by molar-refractivity contribution is -0.130. The number of halogens is 1. The van der Waals surface area contributed by atoms with E-state index in [2.05, 4.69) is 17.1 Å². The Kier molecular flexibility index (Phi) is 8.61. The summed E-state index contributed by atoms with van der Waals surface area (Å²) in [6.45, 7) is 11.4. The van der Waals surface area contributed by atoms with E-state index in [0.717, 1.165) is 62.6 Å². The molecule has 0 atom stereocenters. The van der Waals surface area contributed by atoms with Crippen LogP contribution in [0.5, 0.6) is 0 Å². The normalized spacial score (nSPS) is 18.8. The third-order valence-corrected chi connectivity index (χ3v) is 7.04. The van der Waals surface area contributed by atoms with Gasteiger partial charge in [-0.05, 0) is 82.3 Å². The SMILES string of the molecule is CC(=O)N1CCC(N(CCCN2CCC(C)CC2)C(=O)Nc2cc(Cl)ccc2C)CC1. The van der Waals surface area contributed by atoms with E-state index in [-0.39, 0.29) is 18.0 Å². The Hall–Kier alpha value is -1.79. The molecule has 172 valence electrons. The number of likely N-dealkylation sites (tertiary alicyclic amines) is 2. The summed E-state index contributed by atoms with van der Waals surface area (Å²) in [6.07, 6.45) is 5.14. The number of piperidine rings is 2. The maximum absolute atomic E-state index is 13.3. The summed E-state index contributed by atoms with van der Waals surface area (Å²) in [7, 11) is 0. The molecular weight excluding hydrogens is 412 g/mol. The predicted molar refractivity (Wildman–Crippen MR) is 127 cm³/mol. The summed E-state index contributed by atoms with van der Waals surface area (Å²) < 4.78 is 0. The highest BCUT2D eigenvalue weighted by molar-refractivity contribution is 6.31. The van der Waals surface area contributed by atoms with Crippen molar-refractivity contribution in [2.24, 2.45) is 5.92 Å². The summed E-state index contributed by atoms with van der Waals surface area (Å²) in [5, 5.41) is 3.70. The van der Waals surface area contributed by atoms with E-state index in [4.69, 9.17) is 11.6 Å². The Bertz CT molecular complexity index is 756. The maximum Gasteiger partial charge on any atom is 0.322 e. The number of carbonyl (C=O) groups excluding carboxylic acids is 2. The number of amides is 3. The third kappa shape index (κ3) is 6.84. The highest BCUT2D eigenvalue weighted by atomic mass is 35.5. The van der Waals surface area contributed by atoms with Crippen LogP contribution in [0.2, 0.25) is 5.02 Å². The van der Waals surface area contributed by atoms with Gasteiger partial charge in [-0.25, -0.2) is 4.79 Å². The molecule has 2 aliphatic heterocycles. The first-order chi connectivity index (χ1) is 14.8. The van der Waals surface area contributed by atoms with Gasteiger partial charge in [0.1, 0.15) is 0 Å². The molecule has 31 heavy (non-hydrogen) atoms. The lowest BCUT2D eigenvalue weighted by atomic mass is 9.99.